The van der Waals surface area contributed by atoms with Crippen molar-refractivity contribution in [3.63, 3.8) is 0 Å². The number of ether oxygens (including phenoxy) is 1. The molecule has 3 heterocycles. The molecule has 10 heteroatoms. The van der Waals surface area contributed by atoms with E-state index in [1.165, 1.54) is 25.3 Å². The van der Waals surface area contributed by atoms with E-state index in [0.717, 1.165) is 32.5 Å². The number of sulfonamides is 1. The topological polar surface area (TPSA) is 133 Å². The van der Waals surface area contributed by atoms with Gasteiger partial charge in [-0.05, 0) is 50.0 Å². The lowest BCUT2D eigenvalue weighted by Gasteiger charge is -2.44. The van der Waals surface area contributed by atoms with Gasteiger partial charge in [0.15, 0.2) is 0 Å². The number of halogens is 1. The van der Waals surface area contributed by atoms with Gasteiger partial charge in [-0.25, -0.2) is 13.6 Å². The summed E-state index contributed by atoms with van der Waals surface area (Å²) in [5, 5.41) is 8.17. The highest BCUT2D eigenvalue weighted by Crippen LogP contribution is 2.28. The maximum Gasteiger partial charge on any atom is 0.255 e. The zero-order chi connectivity index (χ0) is 16.6. The number of amides is 1. The molecule has 5 N–H and O–H groups in total. The lowest BCUT2D eigenvalue weighted by atomic mass is 9.84. The monoisotopic (exact) mass is 393 g/mol. The van der Waals surface area contributed by atoms with Crippen molar-refractivity contribution in [1.29, 1.82) is 0 Å². The highest BCUT2D eigenvalue weighted by molar-refractivity contribution is 7.89. The number of rotatable bonds is 4. The molecule has 1 atom stereocenters. The van der Waals surface area contributed by atoms with Gasteiger partial charge in [0.2, 0.25) is 10.0 Å². The minimum absolute atomic E-state index is 0. The van der Waals surface area contributed by atoms with Gasteiger partial charge in [0.1, 0.15) is 5.75 Å². The second-order valence-electron chi connectivity index (χ2n) is 6.13. The fourth-order valence-electron chi connectivity index (χ4n) is 3.42. The molecular weight excluding hydrogens is 370 g/mol. The third-order valence-corrected chi connectivity index (χ3v) is 5.63. The molecule has 0 spiro atoms. The average Bonchev–Trinajstić information content (AvgIpc) is 2.54. The summed E-state index contributed by atoms with van der Waals surface area (Å²) in [4.78, 5) is 14.8. The predicted molar refractivity (Wildman–Crippen MR) is 95.6 cm³/mol. The van der Waals surface area contributed by atoms with E-state index in [4.69, 9.17) is 9.88 Å². The minimum atomic E-state index is -3.87. The van der Waals surface area contributed by atoms with Crippen molar-refractivity contribution in [3.05, 3.63) is 23.8 Å². The fraction of sp³-hybridized carbons (Fsp3) is 0.533. The van der Waals surface area contributed by atoms with Crippen LogP contribution in [0.3, 0.4) is 0 Å². The molecule has 142 valence electrons. The third-order valence-electron chi connectivity index (χ3n) is 4.72. The maximum atomic E-state index is 12.6. The maximum absolute atomic E-state index is 12.6. The van der Waals surface area contributed by atoms with Crippen molar-refractivity contribution in [2.24, 2.45) is 11.1 Å². The highest BCUT2D eigenvalue weighted by atomic mass is 35.5. The first-order chi connectivity index (χ1) is 10.9. The molecule has 0 radical (unpaired) electrons. The average molecular weight is 394 g/mol. The van der Waals surface area contributed by atoms with Gasteiger partial charge in [0, 0.05) is 12.6 Å². The number of benzene rings is 1. The standard InChI is InChI=1S/C15H21N3O4S.ClH.H2O/c1-22-14-3-2-11(23(16,20)21)8-12(14)15(19)17-13-9-18-6-4-10(13)5-7-18;;/h2-3,8,10,13H,4-7,9H2,1H3,(H,17,19)(H2,16,20,21);1H;1H2. The quantitative estimate of drug-likeness (QED) is 0.728. The van der Waals surface area contributed by atoms with Gasteiger partial charge < -0.3 is 20.4 Å². The Bertz CT molecular complexity index is 720. The lowest BCUT2D eigenvalue weighted by Crippen LogP contribution is -2.57. The number of piperidine rings is 3. The molecular formula is C15H24ClN3O5S. The molecule has 1 unspecified atom stereocenters. The van der Waals surface area contributed by atoms with Crippen LogP contribution in [0.25, 0.3) is 0 Å². The van der Waals surface area contributed by atoms with E-state index in [0.29, 0.717) is 11.7 Å². The predicted octanol–water partition coefficient (Wildman–Crippen LogP) is -0.236. The van der Waals surface area contributed by atoms with Crippen LogP contribution in [-0.2, 0) is 10.0 Å². The van der Waals surface area contributed by atoms with Gasteiger partial charge in [-0.2, -0.15) is 0 Å². The summed E-state index contributed by atoms with van der Waals surface area (Å²) in [6.45, 7) is 3.01. The van der Waals surface area contributed by atoms with Gasteiger partial charge in [-0.3, -0.25) is 4.79 Å². The molecule has 1 amide bonds. The number of carbonyl (C=O) groups is 1. The molecule has 4 rings (SSSR count). The van der Waals surface area contributed by atoms with Crippen molar-refractivity contribution in [2.45, 2.75) is 23.8 Å². The van der Waals surface area contributed by atoms with E-state index < -0.39 is 10.0 Å². The van der Waals surface area contributed by atoms with Crippen LogP contribution in [-0.4, -0.2) is 57.5 Å². The van der Waals surface area contributed by atoms with Crippen LogP contribution in [0.4, 0.5) is 0 Å². The van der Waals surface area contributed by atoms with Gasteiger partial charge in [0.05, 0.1) is 17.6 Å². The summed E-state index contributed by atoms with van der Waals surface area (Å²) in [7, 11) is -2.43. The number of fused-ring (bicyclic) bond motifs is 3. The summed E-state index contributed by atoms with van der Waals surface area (Å²) in [5.74, 6) is 0.485. The molecule has 1 aromatic carbocycles. The van der Waals surface area contributed by atoms with E-state index in [1.807, 2.05) is 0 Å². The Morgan fingerprint density at radius 3 is 2.44 bits per heavy atom. The van der Waals surface area contributed by atoms with Crippen LogP contribution < -0.4 is 15.2 Å². The molecule has 0 aliphatic carbocycles. The van der Waals surface area contributed by atoms with Crippen molar-refractivity contribution in [2.75, 3.05) is 26.7 Å². The normalized spacial score (nSPS) is 24.6. The SMILES string of the molecule is COc1ccc(S(N)(=O)=O)cc1C(=O)NC1CN2CCC1CC2.Cl.O. The molecule has 1 aromatic rings. The fourth-order valence-corrected chi connectivity index (χ4v) is 3.96. The molecule has 2 bridgehead atoms. The van der Waals surface area contributed by atoms with Crippen LogP contribution in [0.15, 0.2) is 23.1 Å². The zero-order valence-corrected chi connectivity index (χ0v) is 15.5. The molecule has 3 saturated heterocycles. The molecule has 3 aliphatic rings. The molecule has 0 saturated carbocycles. The number of hydrogen-bond acceptors (Lipinski definition) is 5. The third kappa shape index (κ3) is 4.62. The molecule has 25 heavy (non-hydrogen) atoms. The second-order valence-corrected chi connectivity index (χ2v) is 7.69. The number of methoxy groups -OCH3 is 1. The van der Waals surface area contributed by atoms with Crippen molar-refractivity contribution < 1.29 is 23.4 Å². The minimum Gasteiger partial charge on any atom is -0.496 e. The summed E-state index contributed by atoms with van der Waals surface area (Å²) < 4.78 is 28.2. The van der Waals surface area contributed by atoms with Crippen molar-refractivity contribution in [3.8, 4) is 5.75 Å². The number of carbonyl (C=O) groups excluding carboxylic acids is 1. The Balaban J connectivity index is 0.00000156. The van der Waals surface area contributed by atoms with Crippen LogP contribution in [0, 0.1) is 5.92 Å². The number of nitrogens with one attached hydrogen (secondary N) is 1. The summed E-state index contributed by atoms with van der Waals surface area (Å²) in [6.07, 6.45) is 2.17. The Hall–Kier alpha value is -1.39. The van der Waals surface area contributed by atoms with Crippen LogP contribution in [0.2, 0.25) is 0 Å². The van der Waals surface area contributed by atoms with Crippen LogP contribution in [0.1, 0.15) is 23.2 Å². The molecule has 3 aliphatic heterocycles. The number of nitrogens with zero attached hydrogens (tertiary/aromatic N) is 1. The van der Waals surface area contributed by atoms with Crippen molar-refractivity contribution in [1.82, 2.24) is 10.2 Å². The summed E-state index contributed by atoms with van der Waals surface area (Å²) in [6, 6.07) is 4.14. The second kappa shape index (κ2) is 8.33. The molecule has 8 nitrogen and oxygen atoms in total. The Labute approximate surface area is 153 Å². The Morgan fingerprint density at radius 2 is 1.96 bits per heavy atom. The van der Waals surface area contributed by atoms with Gasteiger partial charge in [-0.1, -0.05) is 0 Å². The zero-order valence-electron chi connectivity index (χ0n) is 13.9. The molecule has 3 fully saturated rings. The smallest absolute Gasteiger partial charge is 0.255 e. The largest absolute Gasteiger partial charge is 0.496 e. The lowest BCUT2D eigenvalue weighted by molar-refractivity contribution is 0.0619. The number of nitrogens with two attached hydrogens (primary N) is 1. The van der Waals surface area contributed by atoms with E-state index in [1.54, 1.807) is 0 Å². The van der Waals surface area contributed by atoms with Crippen LogP contribution >= 0.6 is 12.4 Å². The molecule has 0 aromatic heterocycles. The highest BCUT2D eigenvalue weighted by Gasteiger charge is 2.35. The first-order valence-corrected chi connectivity index (χ1v) is 9.17. The first kappa shape index (κ1) is 21.7. The number of hydrogen-bond donors (Lipinski definition) is 2. The first-order valence-electron chi connectivity index (χ1n) is 7.62. The van der Waals surface area contributed by atoms with E-state index in [-0.39, 0.29) is 40.3 Å². The van der Waals surface area contributed by atoms with E-state index in [2.05, 4.69) is 10.2 Å². The Morgan fingerprint density at radius 1 is 1.32 bits per heavy atom. The van der Waals surface area contributed by atoms with Gasteiger partial charge in [-0.15, -0.1) is 12.4 Å². The van der Waals surface area contributed by atoms with E-state index >= 15 is 0 Å². The summed E-state index contributed by atoms with van der Waals surface area (Å²) in [5.41, 5.74) is 0.190. The number of primary sulfonamides is 1. The summed E-state index contributed by atoms with van der Waals surface area (Å²) >= 11 is 0. The van der Waals surface area contributed by atoms with Gasteiger partial charge in [0.25, 0.3) is 5.91 Å². The Kier molecular flexibility index (Phi) is 7.21. The van der Waals surface area contributed by atoms with Crippen molar-refractivity contribution >= 4 is 28.3 Å². The van der Waals surface area contributed by atoms with Crippen LogP contribution in [0.5, 0.6) is 5.75 Å². The van der Waals surface area contributed by atoms with Gasteiger partial charge >= 0.3 is 0 Å². The van der Waals surface area contributed by atoms with E-state index in [9.17, 15) is 13.2 Å².